The molecule has 2 saturated heterocycles. The molecule has 4 nitrogen and oxygen atoms in total. The third kappa shape index (κ3) is 3.36. The van der Waals surface area contributed by atoms with Crippen LogP contribution in [0.4, 0.5) is 0 Å². The van der Waals surface area contributed by atoms with Crippen LogP contribution in [-0.2, 0) is 5.54 Å². The lowest BCUT2D eigenvalue weighted by Crippen LogP contribution is -2.47. The minimum Gasteiger partial charge on any atom is -0.395 e. The molecule has 3 N–H and O–H groups in total. The summed E-state index contributed by atoms with van der Waals surface area (Å²) in [7, 11) is 2.17. The van der Waals surface area contributed by atoms with Gasteiger partial charge in [-0.1, -0.05) is 54.3 Å². The number of nitrogens with zero attached hydrogens (tertiary/aromatic N) is 1. The van der Waals surface area contributed by atoms with E-state index < -0.39 is 5.54 Å². The Balaban J connectivity index is 1.66. The summed E-state index contributed by atoms with van der Waals surface area (Å²) < 4.78 is 0. The molecule has 146 valence electrons. The van der Waals surface area contributed by atoms with E-state index in [-0.39, 0.29) is 19.3 Å². The standard InChI is InChI=1S/C24H28N2O2/c1-26-15-21-22(16-26)24(17-28,20-8-3-2-4-9-20)25-23(21)19-12-10-18(11-13-19)7-5-6-14-27/h2-4,8-13,21-23,25,27-28H,6,14-17H2,1H3/t21-,22+,23-,24-/m1/s1. The van der Waals surface area contributed by atoms with Gasteiger partial charge < -0.3 is 15.1 Å². The Labute approximate surface area is 167 Å². The van der Waals surface area contributed by atoms with Gasteiger partial charge in [0.25, 0.3) is 0 Å². The molecule has 0 spiro atoms. The Kier molecular flexibility index (Phi) is 5.52. The quantitative estimate of drug-likeness (QED) is 0.716. The number of fused-ring (bicyclic) bond motifs is 1. The first-order valence-electron chi connectivity index (χ1n) is 10.0. The van der Waals surface area contributed by atoms with Gasteiger partial charge in [0.15, 0.2) is 0 Å². The number of rotatable bonds is 4. The highest BCUT2D eigenvalue weighted by atomic mass is 16.3. The molecule has 0 radical (unpaired) electrons. The van der Waals surface area contributed by atoms with Gasteiger partial charge in [0.05, 0.1) is 18.8 Å². The summed E-state index contributed by atoms with van der Waals surface area (Å²) in [5, 5.41) is 23.2. The number of benzene rings is 2. The second-order valence-corrected chi connectivity index (χ2v) is 8.01. The highest BCUT2D eigenvalue weighted by molar-refractivity contribution is 5.39. The van der Waals surface area contributed by atoms with Gasteiger partial charge >= 0.3 is 0 Å². The summed E-state index contributed by atoms with van der Waals surface area (Å²) in [6, 6.07) is 19.0. The van der Waals surface area contributed by atoms with Crippen molar-refractivity contribution in [3.05, 3.63) is 71.3 Å². The van der Waals surface area contributed by atoms with Crippen molar-refractivity contribution in [3.63, 3.8) is 0 Å². The first-order chi connectivity index (χ1) is 13.7. The van der Waals surface area contributed by atoms with Crippen molar-refractivity contribution >= 4 is 0 Å². The number of hydrogen-bond donors (Lipinski definition) is 3. The minimum absolute atomic E-state index is 0.0905. The van der Waals surface area contributed by atoms with Gasteiger partial charge in [0.1, 0.15) is 0 Å². The van der Waals surface area contributed by atoms with E-state index in [9.17, 15) is 5.11 Å². The zero-order valence-electron chi connectivity index (χ0n) is 16.3. The zero-order chi connectivity index (χ0) is 19.6. The molecular formula is C24H28N2O2. The van der Waals surface area contributed by atoms with Crippen LogP contribution in [0.2, 0.25) is 0 Å². The van der Waals surface area contributed by atoms with Gasteiger partial charge in [-0.3, -0.25) is 5.32 Å². The topological polar surface area (TPSA) is 55.7 Å². The molecule has 0 saturated carbocycles. The summed E-state index contributed by atoms with van der Waals surface area (Å²) in [6.07, 6.45) is 0.498. The van der Waals surface area contributed by atoms with E-state index in [0.717, 1.165) is 24.2 Å². The normalized spacial score (nSPS) is 29.3. The predicted molar refractivity (Wildman–Crippen MR) is 111 cm³/mol. The summed E-state index contributed by atoms with van der Waals surface area (Å²) in [6.45, 7) is 2.19. The molecule has 4 heteroatoms. The van der Waals surface area contributed by atoms with Crippen molar-refractivity contribution in [1.82, 2.24) is 10.2 Å². The fourth-order valence-electron chi connectivity index (χ4n) is 5.00. The fourth-order valence-corrected chi connectivity index (χ4v) is 5.00. The smallest absolute Gasteiger partial charge is 0.0718 e. The van der Waals surface area contributed by atoms with Crippen molar-refractivity contribution in [2.75, 3.05) is 33.4 Å². The second kappa shape index (κ2) is 8.06. The van der Waals surface area contributed by atoms with E-state index >= 15 is 0 Å². The van der Waals surface area contributed by atoms with Gasteiger partial charge in [0, 0.05) is 37.0 Å². The molecule has 4 atom stereocenters. The van der Waals surface area contributed by atoms with E-state index in [1.54, 1.807) is 0 Å². The second-order valence-electron chi connectivity index (χ2n) is 8.01. The van der Waals surface area contributed by atoms with Crippen LogP contribution in [0.5, 0.6) is 0 Å². The molecule has 2 aliphatic rings. The van der Waals surface area contributed by atoms with Crippen LogP contribution in [0.15, 0.2) is 54.6 Å². The summed E-state index contributed by atoms with van der Waals surface area (Å²) >= 11 is 0. The Hall–Kier alpha value is -2.16. The van der Waals surface area contributed by atoms with Gasteiger partial charge in [-0.15, -0.1) is 0 Å². The Morgan fingerprint density at radius 3 is 2.50 bits per heavy atom. The van der Waals surface area contributed by atoms with Crippen LogP contribution < -0.4 is 5.32 Å². The highest BCUT2D eigenvalue weighted by Gasteiger charge is 2.56. The van der Waals surface area contributed by atoms with Crippen LogP contribution in [0.1, 0.15) is 29.2 Å². The number of hydrogen-bond acceptors (Lipinski definition) is 4. The molecule has 0 aliphatic carbocycles. The van der Waals surface area contributed by atoms with Crippen molar-refractivity contribution < 1.29 is 10.2 Å². The SMILES string of the molecule is CN1C[C@H]2[C@@H](c3ccc(C#CCCO)cc3)N[C@](CO)(c3ccccc3)[C@H]2C1. The summed E-state index contributed by atoms with van der Waals surface area (Å²) in [4.78, 5) is 2.38. The maximum absolute atomic E-state index is 10.5. The van der Waals surface area contributed by atoms with E-state index in [2.05, 4.69) is 77.6 Å². The maximum Gasteiger partial charge on any atom is 0.0718 e. The fraction of sp³-hybridized carbons (Fsp3) is 0.417. The van der Waals surface area contributed by atoms with Crippen LogP contribution in [-0.4, -0.2) is 48.5 Å². The minimum atomic E-state index is -0.416. The van der Waals surface area contributed by atoms with Crippen molar-refractivity contribution in [1.29, 1.82) is 0 Å². The van der Waals surface area contributed by atoms with Crippen LogP contribution in [0.25, 0.3) is 0 Å². The highest BCUT2D eigenvalue weighted by Crippen LogP contribution is 2.51. The van der Waals surface area contributed by atoms with Gasteiger partial charge in [-0.05, 0) is 36.2 Å². The Morgan fingerprint density at radius 1 is 1.07 bits per heavy atom. The molecule has 2 aliphatic heterocycles. The van der Waals surface area contributed by atoms with Gasteiger partial charge in [-0.25, -0.2) is 0 Å². The van der Waals surface area contributed by atoms with Crippen molar-refractivity contribution in [3.8, 4) is 11.8 Å². The van der Waals surface area contributed by atoms with E-state index in [1.165, 1.54) is 5.56 Å². The van der Waals surface area contributed by atoms with Gasteiger partial charge in [0.2, 0.25) is 0 Å². The maximum atomic E-state index is 10.5. The molecule has 0 bridgehead atoms. The number of aliphatic hydroxyl groups excluding tert-OH is 2. The third-order valence-electron chi connectivity index (χ3n) is 6.30. The molecule has 0 amide bonds. The lowest BCUT2D eigenvalue weighted by Gasteiger charge is -2.35. The molecule has 0 unspecified atom stereocenters. The van der Waals surface area contributed by atoms with E-state index in [1.807, 2.05) is 6.07 Å². The number of likely N-dealkylation sites (tertiary alicyclic amines) is 1. The molecule has 0 aromatic heterocycles. The lowest BCUT2D eigenvalue weighted by molar-refractivity contribution is 0.129. The molecule has 2 aromatic rings. The first kappa shape index (κ1) is 19.2. The van der Waals surface area contributed by atoms with Crippen LogP contribution in [0.3, 0.4) is 0 Å². The lowest BCUT2D eigenvalue weighted by atomic mass is 9.76. The van der Waals surface area contributed by atoms with Crippen LogP contribution in [0, 0.1) is 23.7 Å². The zero-order valence-corrected chi connectivity index (χ0v) is 16.3. The van der Waals surface area contributed by atoms with E-state index in [0.29, 0.717) is 18.3 Å². The molecule has 28 heavy (non-hydrogen) atoms. The third-order valence-corrected chi connectivity index (χ3v) is 6.30. The van der Waals surface area contributed by atoms with Crippen molar-refractivity contribution in [2.24, 2.45) is 11.8 Å². The largest absolute Gasteiger partial charge is 0.395 e. The van der Waals surface area contributed by atoms with Crippen LogP contribution >= 0.6 is 0 Å². The average Bonchev–Trinajstić information content (AvgIpc) is 3.26. The van der Waals surface area contributed by atoms with Crippen molar-refractivity contribution in [2.45, 2.75) is 18.0 Å². The Morgan fingerprint density at radius 2 is 1.82 bits per heavy atom. The monoisotopic (exact) mass is 376 g/mol. The Bertz CT molecular complexity index is 856. The van der Waals surface area contributed by atoms with E-state index in [4.69, 9.17) is 5.11 Å². The number of nitrogens with one attached hydrogen (secondary N) is 1. The number of aliphatic hydroxyl groups is 2. The molecule has 2 heterocycles. The molecular weight excluding hydrogens is 348 g/mol. The molecule has 2 aromatic carbocycles. The summed E-state index contributed by atoms with van der Waals surface area (Å²) in [5.41, 5.74) is 2.95. The average molecular weight is 377 g/mol. The molecule has 2 fully saturated rings. The summed E-state index contributed by atoms with van der Waals surface area (Å²) in [5.74, 6) is 6.87. The van der Waals surface area contributed by atoms with Gasteiger partial charge in [-0.2, -0.15) is 0 Å². The first-order valence-corrected chi connectivity index (χ1v) is 10.0. The predicted octanol–water partition coefficient (Wildman–Crippen LogP) is 2.13. The molecule has 4 rings (SSSR count).